The Balaban J connectivity index is 2.21. The van der Waals surface area contributed by atoms with Crippen molar-refractivity contribution in [2.24, 2.45) is 0 Å². The minimum atomic E-state index is 0.243. The first-order valence-electron chi connectivity index (χ1n) is 6.92. The summed E-state index contributed by atoms with van der Waals surface area (Å²) in [6.45, 7) is 8.13. The zero-order chi connectivity index (χ0) is 13.7. The van der Waals surface area contributed by atoms with Crippen molar-refractivity contribution in [2.75, 3.05) is 6.54 Å². The number of pyridine rings is 1. The lowest BCUT2D eigenvalue weighted by Gasteiger charge is -2.17. The molecule has 0 saturated heterocycles. The van der Waals surface area contributed by atoms with Crippen LogP contribution in [0.3, 0.4) is 0 Å². The third kappa shape index (κ3) is 3.41. The van der Waals surface area contributed by atoms with Gasteiger partial charge in [-0.25, -0.2) is 0 Å². The van der Waals surface area contributed by atoms with Gasteiger partial charge >= 0.3 is 0 Å². The zero-order valence-electron chi connectivity index (χ0n) is 11.9. The molecule has 19 heavy (non-hydrogen) atoms. The standard InChI is InChI=1S/C15H22N4/c1-4-16-15(14-8-6-7-9-17-14)11-13-10-12(3)18-19(13)5-2/h6-10,15-16H,4-5,11H2,1-3H3. The molecule has 1 N–H and O–H groups in total. The van der Waals surface area contributed by atoms with E-state index in [4.69, 9.17) is 0 Å². The smallest absolute Gasteiger partial charge is 0.0596 e. The number of hydrogen-bond acceptors (Lipinski definition) is 3. The topological polar surface area (TPSA) is 42.7 Å². The molecule has 4 nitrogen and oxygen atoms in total. The number of hydrogen-bond donors (Lipinski definition) is 1. The molecule has 4 heteroatoms. The van der Waals surface area contributed by atoms with Crippen molar-refractivity contribution in [3.8, 4) is 0 Å². The van der Waals surface area contributed by atoms with E-state index in [0.717, 1.165) is 30.9 Å². The van der Waals surface area contributed by atoms with Crippen molar-refractivity contribution in [3.63, 3.8) is 0 Å². The van der Waals surface area contributed by atoms with Gasteiger partial charge in [0, 0.05) is 24.9 Å². The van der Waals surface area contributed by atoms with Gasteiger partial charge in [0.2, 0.25) is 0 Å². The van der Waals surface area contributed by atoms with Crippen LogP contribution in [0.4, 0.5) is 0 Å². The monoisotopic (exact) mass is 258 g/mol. The van der Waals surface area contributed by atoms with Crippen LogP contribution in [0.5, 0.6) is 0 Å². The molecule has 0 spiro atoms. The number of nitrogens with one attached hydrogen (secondary N) is 1. The summed E-state index contributed by atoms with van der Waals surface area (Å²) in [6, 6.07) is 8.47. The lowest BCUT2D eigenvalue weighted by atomic mass is 10.1. The van der Waals surface area contributed by atoms with Gasteiger partial charge in [-0.15, -0.1) is 0 Å². The summed E-state index contributed by atoms with van der Waals surface area (Å²) in [5, 5.41) is 8.01. The Bertz CT molecular complexity index is 504. The van der Waals surface area contributed by atoms with Crippen molar-refractivity contribution < 1.29 is 0 Å². The second kappa shape index (κ2) is 6.48. The van der Waals surface area contributed by atoms with Gasteiger partial charge in [-0.1, -0.05) is 13.0 Å². The van der Waals surface area contributed by atoms with E-state index in [1.807, 2.05) is 25.3 Å². The number of aryl methyl sites for hydroxylation is 2. The first-order chi connectivity index (χ1) is 9.24. The highest BCUT2D eigenvalue weighted by Gasteiger charge is 2.15. The van der Waals surface area contributed by atoms with Crippen molar-refractivity contribution in [2.45, 2.75) is 39.8 Å². The maximum Gasteiger partial charge on any atom is 0.0596 e. The fraction of sp³-hybridized carbons (Fsp3) is 0.467. The van der Waals surface area contributed by atoms with E-state index in [0.29, 0.717) is 0 Å². The number of rotatable bonds is 6. The molecule has 0 fully saturated rings. The van der Waals surface area contributed by atoms with E-state index in [-0.39, 0.29) is 6.04 Å². The molecular weight excluding hydrogens is 236 g/mol. The Morgan fingerprint density at radius 1 is 1.32 bits per heavy atom. The Morgan fingerprint density at radius 2 is 2.16 bits per heavy atom. The molecule has 0 aromatic carbocycles. The van der Waals surface area contributed by atoms with Crippen molar-refractivity contribution >= 4 is 0 Å². The summed E-state index contributed by atoms with van der Waals surface area (Å²) < 4.78 is 2.07. The molecule has 102 valence electrons. The third-order valence-corrected chi connectivity index (χ3v) is 3.19. The molecule has 1 atom stereocenters. The molecule has 0 amide bonds. The van der Waals surface area contributed by atoms with Gasteiger partial charge in [-0.3, -0.25) is 9.67 Å². The van der Waals surface area contributed by atoms with Gasteiger partial charge in [-0.05, 0) is 38.6 Å². The lowest BCUT2D eigenvalue weighted by molar-refractivity contribution is 0.506. The molecule has 0 bridgehead atoms. The summed E-state index contributed by atoms with van der Waals surface area (Å²) in [4.78, 5) is 4.46. The highest BCUT2D eigenvalue weighted by molar-refractivity contribution is 5.16. The SMILES string of the molecule is CCNC(Cc1cc(C)nn1CC)c1ccccn1. The van der Waals surface area contributed by atoms with E-state index in [1.165, 1.54) is 5.69 Å². The molecule has 2 aromatic heterocycles. The highest BCUT2D eigenvalue weighted by atomic mass is 15.3. The predicted octanol–water partition coefficient (Wildman–Crippen LogP) is 2.50. The summed E-state index contributed by atoms with van der Waals surface area (Å²) in [5.41, 5.74) is 3.43. The van der Waals surface area contributed by atoms with Crippen molar-refractivity contribution in [3.05, 3.63) is 47.5 Å². The van der Waals surface area contributed by atoms with E-state index in [9.17, 15) is 0 Å². The summed E-state index contributed by atoms with van der Waals surface area (Å²) in [7, 11) is 0. The van der Waals surface area contributed by atoms with E-state index in [1.54, 1.807) is 0 Å². The van der Waals surface area contributed by atoms with Crippen molar-refractivity contribution in [1.82, 2.24) is 20.1 Å². The molecule has 2 aromatic rings. The quantitative estimate of drug-likeness (QED) is 0.865. The predicted molar refractivity (Wildman–Crippen MR) is 77.0 cm³/mol. The second-order valence-corrected chi connectivity index (χ2v) is 4.66. The average Bonchev–Trinajstić information content (AvgIpc) is 2.79. The van der Waals surface area contributed by atoms with Gasteiger partial charge < -0.3 is 5.32 Å². The van der Waals surface area contributed by atoms with Gasteiger partial charge in [0.25, 0.3) is 0 Å². The van der Waals surface area contributed by atoms with Crippen LogP contribution in [-0.2, 0) is 13.0 Å². The van der Waals surface area contributed by atoms with Gasteiger partial charge in [0.05, 0.1) is 17.4 Å². The second-order valence-electron chi connectivity index (χ2n) is 4.66. The molecule has 2 heterocycles. The van der Waals surface area contributed by atoms with Crippen LogP contribution < -0.4 is 5.32 Å². The van der Waals surface area contributed by atoms with Gasteiger partial charge in [0.1, 0.15) is 0 Å². The number of aromatic nitrogens is 3. The minimum absolute atomic E-state index is 0.243. The highest BCUT2D eigenvalue weighted by Crippen LogP contribution is 2.17. The normalized spacial score (nSPS) is 12.6. The number of likely N-dealkylation sites (N-methyl/N-ethyl adjacent to an activating group) is 1. The largest absolute Gasteiger partial charge is 0.309 e. The van der Waals surface area contributed by atoms with Crippen LogP contribution in [0.2, 0.25) is 0 Å². The van der Waals surface area contributed by atoms with Gasteiger partial charge in [0.15, 0.2) is 0 Å². The Hall–Kier alpha value is -1.68. The maximum absolute atomic E-state index is 4.50. The van der Waals surface area contributed by atoms with Gasteiger partial charge in [-0.2, -0.15) is 5.10 Å². The van der Waals surface area contributed by atoms with Crippen LogP contribution in [0.25, 0.3) is 0 Å². The summed E-state index contributed by atoms with van der Waals surface area (Å²) in [5.74, 6) is 0. The first kappa shape index (κ1) is 13.7. The van der Waals surface area contributed by atoms with E-state index in [2.05, 4.69) is 46.1 Å². The molecule has 1 unspecified atom stereocenters. The lowest BCUT2D eigenvalue weighted by Crippen LogP contribution is -2.24. The first-order valence-corrected chi connectivity index (χ1v) is 6.92. The molecule has 0 aliphatic heterocycles. The molecule has 2 rings (SSSR count). The summed E-state index contributed by atoms with van der Waals surface area (Å²) in [6.07, 6.45) is 2.77. The van der Waals surface area contributed by atoms with E-state index < -0.39 is 0 Å². The van der Waals surface area contributed by atoms with Crippen LogP contribution in [0.15, 0.2) is 30.5 Å². The number of nitrogens with zero attached hydrogens (tertiary/aromatic N) is 3. The van der Waals surface area contributed by atoms with Crippen molar-refractivity contribution in [1.29, 1.82) is 0 Å². The molecule has 0 radical (unpaired) electrons. The molecular formula is C15H22N4. The molecule has 0 aliphatic carbocycles. The Labute approximate surface area is 114 Å². The van der Waals surface area contributed by atoms with Crippen LogP contribution >= 0.6 is 0 Å². The Kier molecular flexibility index (Phi) is 4.68. The average molecular weight is 258 g/mol. The third-order valence-electron chi connectivity index (χ3n) is 3.19. The molecule has 0 aliphatic rings. The Morgan fingerprint density at radius 3 is 2.79 bits per heavy atom. The van der Waals surface area contributed by atoms with Crippen LogP contribution in [0, 0.1) is 6.92 Å². The zero-order valence-corrected chi connectivity index (χ0v) is 11.9. The van der Waals surface area contributed by atoms with Crippen LogP contribution in [0.1, 0.15) is 37.0 Å². The fourth-order valence-electron chi connectivity index (χ4n) is 2.36. The van der Waals surface area contributed by atoms with Crippen LogP contribution in [-0.4, -0.2) is 21.3 Å². The van der Waals surface area contributed by atoms with E-state index >= 15 is 0 Å². The minimum Gasteiger partial charge on any atom is -0.309 e. The maximum atomic E-state index is 4.50. The molecule has 0 saturated carbocycles. The fourth-order valence-corrected chi connectivity index (χ4v) is 2.36. The summed E-state index contributed by atoms with van der Waals surface area (Å²) >= 11 is 0.